The molecule has 5 heteroatoms. The van der Waals surface area contributed by atoms with Gasteiger partial charge in [0.05, 0.1) is 6.10 Å². The van der Waals surface area contributed by atoms with E-state index < -0.39 is 34.1 Å². The van der Waals surface area contributed by atoms with Crippen LogP contribution in [0.3, 0.4) is 0 Å². The number of fused-ring (bicyclic) bond motifs is 5. The minimum atomic E-state index is -1.92. The van der Waals surface area contributed by atoms with Gasteiger partial charge >= 0.3 is 0 Å². The van der Waals surface area contributed by atoms with Gasteiger partial charge in [0.1, 0.15) is 5.60 Å². The van der Waals surface area contributed by atoms with E-state index in [0.29, 0.717) is 19.3 Å². The molecule has 0 amide bonds. The van der Waals surface area contributed by atoms with E-state index in [9.17, 15) is 19.8 Å². The van der Waals surface area contributed by atoms with E-state index in [1.807, 2.05) is 13.8 Å². The van der Waals surface area contributed by atoms with Crippen LogP contribution in [0.15, 0.2) is 23.8 Å². The summed E-state index contributed by atoms with van der Waals surface area (Å²) in [5.41, 5.74) is -4.61. The molecule has 0 radical (unpaired) electrons. The molecule has 4 aliphatic carbocycles. The number of carbonyl (C=O) groups is 2. The number of aliphatic hydroxyl groups is 2. The van der Waals surface area contributed by atoms with E-state index >= 15 is 4.39 Å². The van der Waals surface area contributed by atoms with Gasteiger partial charge in [-0.15, -0.1) is 0 Å². The van der Waals surface area contributed by atoms with Crippen molar-refractivity contribution in [2.45, 2.75) is 77.2 Å². The summed E-state index contributed by atoms with van der Waals surface area (Å²) in [6.07, 6.45) is 5.18. The lowest BCUT2D eigenvalue weighted by molar-refractivity contribution is -0.218. The molecule has 154 valence electrons. The van der Waals surface area contributed by atoms with E-state index in [2.05, 4.69) is 0 Å². The molecule has 0 saturated heterocycles. The van der Waals surface area contributed by atoms with Crippen molar-refractivity contribution < 1.29 is 24.2 Å². The zero-order chi connectivity index (χ0) is 20.7. The molecule has 2 N–H and O–H groups in total. The topological polar surface area (TPSA) is 74.6 Å². The summed E-state index contributed by atoms with van der Waals surface area (Å²) < 4.78 is 16.9. The van der Waals surface area contributed by atoms with Gasteiger partial charge in [-0.25, -0.2) is 4.39 Å². The van der Waals surface area contributed by atoms with E-state index in [0.717, 1.165) is 5.57 Å². The Kier molecular flexibility index (Phi) is 4.17. The van der Waals surface area contributed by atoms with Gasteiger partial charge < -0.3 is 10.2 Å². The Morgan fingerprint density at radius 3 is 2.64 bits per heavy atom. The van der Waals surface area contributed by atoms with E-state index in [1.165, 1.54) is 12.2 Å². The van der Waals surface area contributed by atoms with Crippen LogP contribution in [0.2, 0.25) is 0 Å². The van der Waals surface area contributed by atoms with E-state index in [1.54, 1.807) is 19.9 Å². The Labute approximate surface area is 165 Å². The maximum atomic E-state index is 16.9. The highest BCUT2D eigenvalue weighted by molar-refractivity contribution is 6.01. The Bertz CT molecular complexity index is 802. The maximum Gasteiger partial charge on any atom is 0.178 e. The van der Waals surface area contributed by atoms with Crippen LogP contribution in [0, 0.1) is 28.6 Å². The van der Waals surface area contributed by atoms with Gasteiger partial charge in [-0.05, 0) is 56.6 Å². The monoisotopic (exact) mass is 390 g/mol. The molecule has 0 aromatic carbocycles. The van der Waals surface area contributed by atoms with Gasteiger partial charge in [-0.2, -0.15) is 0 Å². The number of hydrogen-bond donors (Lipinski definition) is 2. The molecule has 0 spiro atoms. The second-order valence-electron chi connectivity index (χ2n) is 9.94. The number of ketones is 2. The summed E-state index contributed by atoms with van der Waals surface area (Å²) in [5, 5.41) is 22.7. The number of alkyl halides is 1. The quantitative estimate of drug-likeness (QED) is 0.759. The Balaban J connectivity index is 1.84. The molecule has 0 aromatic rings. The van der Waals surface area contributed by atoms with Crippen LogP contribution in [0.1, 0.15) is 59.8 Å². The Morgan fingerprint density at radius 2 is 2.00 bits per heavy atom. The van der Waals surface area contributed by atoms with Crippen molar-refractivity contribution in [2.75, 3.05) is 0 Å². The molecule has 8 atom stereocenters. The zero-order valence-corrected chi connectivity index (χ0v) is 17.2. The van der Waals surface area contributed by atoms with Crippen molar-refractivity contribution in [3.8, 4) is 0 Å². The first kappa shape index (κ1) is 20.0. The molecule has 28 heavy (non-hydrogen) atoms. The van der Waals surface area contributed by atoms with Crippen LogP contribution in [0.25, 0.3) is 0 Å². The fourth-order valence-corrected chi connectivity index (χ4v) is 7.41. The highest BCUT2D eigenvalue weighted by atomic mass is 19.1. The average Bonchev–Trinajstić information content (AvgIpc) is 2.84. The van der Waals surface area contributed by atoms with Gasteiger partial charge in [0, 0.05) is 23.2 Å². The smallest absolute Gasteiger partial charge is 0.178 e. The van der Waals surface area contributed by atoms with E-state index in [-0.39, 0.29) is 36.2 Å². The third kappa shape index (κ3) is 2.02. The largest absolute Gasteiger partial charge is 0.390 e. The second-order valence-corrected chi connectivity index (χ2v) is 9.94. The van der Waals surface area contributed by atoms with Gasteiger partial charge in [-0.1, -0.05) is 32.4 Å². The summed E-state index contributed by atoms with van der Waals surface area (Å²) in [6, 6.07) is 0. The summed E-state index contributed by atoms with van der Waals surface area (Å²) >= 11 is 0. The van der Waals surface area contributed by atoms with Crippen molar-refractivity contribution >= 4 is 11.6 Å². The molecular weight excluding hydrogens is 359 g/mol. The molecule has 0 aliphatic heterocycles. The third-order valence-corrected chi connectivity index (χ3v) is 8.97. The standard InChI is InChI=1S/C23H31FO4/c1-5-18(26)23(28)13(2)10-17-16-7-6-14-11-15(25)8-9-20(14,3)22(16,24)19(27)12-21(17,23)4/h8-9,11,13,16-17,19,27-28H,5-7,10,12H2,1-4H3/t13-,16+,17+,19+,20+,21+,22+,23+/m1/s1. The van der Waals surface area contributed by atoms with Crippen LogP contribution in [0.4, 0.5) is 4.39 Å². The molecule has 4 aliphatic rings. The SMILES string of the molecule is CCC(=O)[C@@]1(O)[C@H](C)C[C@H]2[C@@H]3CCC4=CC(=O)C=C[C@]4(C)[C@@]3(F)[C@@H](O)C[C@@]21C. The van der Waals surface area contributed by atoms with Gasteiger partial charge in [0.15, 0.2) is 17.2 Å². The first-order chi connectivity index (χ1) is 13.0. The lowest BCUT2D eigenvalue weighted by atomic mass is 9.44. The van der Waals surface area contributed by atoms with Crippen LogP contribution in [0.5, 0.6) is 0 Å². The molecule has 0 aromatic heterocycles. The van der Waals surface area contributed by atoms with Crippen LogP contribution in [-0.2, 0) is 9.59 Å². The molecule has 3 saturated carbocycles. The molecule has 3 fully saturated rings. The van der Waals surface area contributed by atoms with Crippen molar-refractivity contribution in [3.05, 3.63) is 23.8 Å². The first-order valence-electron chi connectivity index (χ1n) is 10.5. The third-order valence-electron chi connectivity index (χ3n) is 8.97. The summed E-state index contributed by atoms with van der Waals surface area (Å²) in [6.45, 7) is 7.26. The molecular formula is C23H31FO4. The highest BCUT2D eigenvalue weighted by Crippen LogP contribution is 2.70. The van der Waals surface area contributed by atoms with Crippen molar-refractivity contribution in [3.63, 3.8) is 0 Å². The van der Waals surface area contributed by atoms with Gasteiger partial charge in [0.2, 0.25) is 0 Å². The predicted molar refractivity (Wildman–Crippen MR) is 103 cm³/mol. The lowest BCUT2D eigenvalue weighted by Gasteiger charge is -2.62. The van der Waals surface area contributed by atoms with Crippen molar-refractivity contribution in [2.24, 2.45) is 28.6 Å². The fraction of sp³-hybridized carbons (Fsp3) is 0.739. The highest BCUT2D eigenvalue weighted by Gasteiger charge is 2.75. The Hall–Kier alpha value is -1.33. The maximum absolute atomic E-state index is 16.9. The molecule has 4 rings (SSSR count). The van der Waals surface area contributed by atoms with Gasteiger partial charge in [-0.3, -0.25) is 9.59 Å². The van der Waals surface area contributed by atoms with Crippen LogP contribution >= 0.6 is 0 Å². The minimum absolute atomic E-state index is 0.0436. The zero-order valence-electron chi connectivity index (χ0n) is 17.2. The number of carbonyl (C=O) groups excluding carboxylic acids is 2. The number of Topliss-reactive ketones (excluding diaryl/α,β-unsaturated/α-hetero) is 1. The number of halogens is 1. The molecule has 0 bridgehead atoms. The number of aliphatic hydroxyl groups excluding tert-OH is 1. The summed E-state index contributed by atoms with van der Waals surface area (Å²) in [7, 11) is 0. The van der Waals surface area contributed by atoms with Crippen molar-refractivity contribution in [1.82, 2.24) is 0 Å². The Morgan fingerprint density at radius 1 is 1.32 bits per heavy atom. The van der Waals surface area contributed by atoms with E-state index in [4.69, 9.17) is 0 Å². The average molecular weight is 390 g/mol. The van der Waals surface area contributed by atoms with Gasteiger partial charge in [0.25, 0.3) is 0 Å². The van der Waals surface area contributed by atoms with Crippen LogP contribution in [-0.4, -0.2) is 39.2 Å². The fourth-order valence-electron chi connectivity index (χ4n) is 7.41. The lowest BCUT2D eigenvalue weighted by Crippen LogP contribution is -2.69. The summed E-state index contributed by atoms with van der Waals surface area (Å²) in [5.74, 6) is -1.29. The number of rotatable bonds is 2. The molecule has 4 nitrogen and oxygen atoms in total. The van der Waals surface area contributed by atoms with Crippen molar-refractivity contribution in [1.29, 1.82) is 0 Å². The predicted octanol–water partition coefficient (Wildman–Crippen LogP) is 3.31. The number of allylic oxidation sites excluding steroid dienone is 4. The second kappa shape index (κ2) is 5.85. The van der Waals surface area contributed by atoms with Crippen LogP contribution < -0.4 is 0 Å². The molecule has 0 unspecified atom stereocenters. The summed E-state index contributed by atoms with van der Waals surface area (Å²) in [4.78, 5) is 24.7. The normalized spacial score (nSPS) is 52.5. The number of hydrogen-bond acceptors (Lipinski definition) is 4. The first-order valence-corrected chi connectivity index (χ1v) is 10.5. The molecule has 0 heterocycles. The minimum Gasteiger partial charge on any atom is -0.390 e.